The maximum absolute atomic E-state index is 11.4. The second-order valence-electron chi connectivity index (χ2n) is 5.00. The van der Waals surface area contributed by atoms with Crippen molar-refractivity contribution in [1.29, 1.82) is 0 Å². The Bertz CT molecular complexity index is 785. The van der Waals surface area contributed by atoms with Gasteiger partial charge in [0.2, 0.25) is 17.6 Å². The molecule has 0 spiro atoms. The van der Waals surface area contributed by atoms with Crippen LogP contribution in [0.3, 0.4) is 0 Å². The molecule has 0 saturated heterocycles. The molecule has 11 nitrogen and oxygen atoms in total. The van der Waals surface area contributed by atoms with Crippen molar-refractivity contribution in [3.63, 3.8) is 0 Å². The van der Waals surface area contributed by atoms with Crippen molar-refractivity contribution < 1.29 is 19.1 Å². The Morgan fingerprint density at radius 3 is 2.62 bits per heavy atom. The highest BCUT2D eigenvalue weighted by molar-refractivity contribution is 5.77. The van der Waals surface area contributed by atoms with Gasteiger partial charge >= 0.3 is 5.69 Å². The van der Waals surface area contributed by atoms with Gasteiger partial charge in [-0.25, -0.2) is 0 Å². The van der Waals surface area contributed by atoms with Gasteiger partial charge in [0.15, 0.2) is 0 Å². The Hall–Kier alpha value is -3.34. The summed E-state index contributed by atoms with van der Waals surface area (Å²) in [6, 6.07) is 4.98. The number of nitrogens with two attached hydrogens (primary N) is 1. The van der Waals surface area contributed by atoms with E-state index in [2.05, 4.69) is 20.6 Å². The van der Waals surface area contributed by atoms with Gasteiger partial charge in [-0.2, -0.15) is 9.97 Å². The van der Waals surface area contributed by atoms with Crippen molar-refractivity contribution in [1.82, 2.24) is 9.97 Å². The summed E-state index contributed by atoms with van der Waals surface area (Å²) >= 11 is 0. The van der Waals surface area contributed by atoms with Gasteiger partial charge < -0.3 is 30.6 Å². The molecule has 140 valence electrons. The summed E-state index contributed by atoms with van der Waals surface area (Å²) < 4.78 is 15.4. The molecule has 0 fully saturated rings. The number of rotatable bonds is 9. The molecule has 1 aromatic heterocycles. The van der Waals surface area contributed by atoms with Crippen LogP contribution >= 0.6 is 0 Å². The zero-order valence-corrected chi connectivity index (χ0v) is 14.6. The van der Waals surface area contributed by atoms with Crippen molar-refractivity contribution in [2.24, 2.45) is 0 Å². The molecular formula is C15H20N6O5. The Kier molecular flexibility index (Phi) is 6.33. The lowest BCUT2D eigenvalue weighted by Gasteiger charge is -2.13. The quantitative estimate of drug-likeness (QED) is 0.342. The summed E-state index contributed by atoms with van der Waals surface area (Å²) in [7, 11) is 4.54. The fourth-order valence-electron chi connectivity index (χ4n) is 2.12. The van der Waals surface area contributed by atoms with Crippen molar-refractivity contribution in [2.75, 3.05) is 50.8 Å². The van der Waals surface area contributed by atoms with Gasteiger partial charge in [-0.15, -0.1) is 0 Å². The lowest BCUT2D eigenvalue weighted by Crippen LogP contribution is -2.13. The molecule has 0 radical (unpaired) electrons. The first-order valence-electron chi connectivity index (χ1n) is 7.54. The summed E-state index contributed by atoms with van der Waals surface area (Å²) in [4.78, 5) is 18.8. The average Bonchev–Trinajstić information content (AvgIpc) is 2.61. The predicted octanol–water partition coefficient (Wildman–Crippen LogP) is 1.79. The third-order valence-electron chi connectivity index (χ3n) is 3.34. The first-order valence-corrected chi connectivity index (χ1v) is 7.54. The molecule has 11 heteroatoms. The fourth-order valence-corrected chi connectivity index (χ4v) is 2.12. The maximum Gasteiger partial charge on any atom is 0.353 e. The van der Waals surface area contributed by atoms with Crippen molar-refractivity contribution in [3.8, 4) is 11.5 Å². The van der Waals surface area contributed by atoms with Crippen LogP contribution in [-0.2, 0) is 4.74 Å². The second-order valence-corrected chi connectivity index (χ2v) is 5.00. The largest absolute Gasteiger partial charge is 0.497 e. The van der Waals surface area contributed by atoms with Crippen LogP contribution in [0.25, 0.3) is 0 Å². The highest BCUT2D eigenvalue weighted by atomic mass is 16.6. The number of ether oxygens (including phenoxy) is 3. The molecule has 1 aromatic carbocycles. The van der Waals surface area contributed by atoms with Crippen molar-refractivity contribution in [3.05, 3.63) is 28.3 Å². The molecule has 0 aliphatic carbocycles. The molecule has 1 heterocycles. The number of hydrogen-bond donors (Lipinski definition) is 3. The number of nitrogen functional groups attached to an aromatic ring is 1. The zero-order valence-electron chi connectivity index (χ0n) is 14.6. The van der Waals surface area contributed by atoms with Crippen LogP contribution in [0.2, 0.25) is 0 Å². The van der Waals surface area contributed by atoms with Crippen molar-refractivity contribution >= 4 is 29.0 Å². The normalized spacial score (nSPS) is 10.3. The van der Waals surface area contributed by atoms with E-state index in [0.717, 1.165) is 0 Å². The molecule has 0 aliphatic heterocycles. The molecule has 4 N–H and O–H groups in total. The van der Waals surface area contributed by atoms with Crippen LogP contribution in [0.15, 0.2) is 18.2 Å². The highest BCUT2D eigenvalue weighted by Crippen LogP contribution is 2.36. The highest BCUT2D eigenvalue weighted by Gasteiger charge is 2.24. The van der Waals surface area contributed by atoms with E-state index < -0.39 is 10.6 Å². The summed E-state index contributed by atoms with van der Waals surface area (Å²) in [5, 5.41) is 17.1. The molecule has 2 rings (SSSR count). The minimum atomic E-state index is -0.650. The number of nitrogens with one attached hydrogen (secondary N) is 2. The number of nitrogens with zero attached hydrogens (tertiary/aromatic N) is 3. The fraction of sp³-hybridized carbons (Fsp3) is 0.333. The van der Waals surface area contributed by atoms with Gasteiger partial charge in [0, 0.05) is 19.7 Å². The molecule has 0 atom stereocenters. The minimum absolute atomic E-state index is 0.0750. The predicted molar refractivity (Wildman–Crippen MR) is 96.3 cm³/mol. The Morgan fingerprint density at radius 2 is 2.00 bits per heavy atom. The number of hydrogen-bond acceptors (Lipinski definition) is 10. The number of nitro groups is 1. The van der Waals surface area contributed by atoms with Crippen LogP contribution < -0.4 is 25.8 Å². The molecule has 0 aliphatic rings. The molecule has 0 unspecified atom stereocenters. The number of benzene rings is 1. The van der Waals surface area contributed by atoms with Gasteiger partial charge in [-0.05, 0) is 12.1 Å². The lowest BCUT2D eigenvalue weighted by atomic mass is 10.2. The van der Waals surface area contributed by atoms with Crippen LogP contribution in [-0.4, -0.2) is 49.4 Å². The van der Waals surface area contributed by atoms with E-state index in [0.29, 0.717) is 30.3 Å². The standard InChI is InChI=1S/C15H20N6O5/c1-24-7-6-17-15-19-13(16)12(21(22)23)14(20-15)18-10-8-9(25-2)4-5-11(10)26-3/h4-5,8H,6-7H2,1-3H3,(H4,16,17,18,19,20). The van der Waals surface area contributed by atoms with Gasteiger partial charge in [-0.1, -0.05) is 0 Å². The number of anilines is 4. The second kappa shape index (κ2) is 8.67. The van der Waals surface area contributed by atoms with Crippen LogP contribution in [0.5, 0.6) is 11.5 Å². The summed E-state index contributed by atoms with van der Waals surface area (Å²) in [5.41, 5.74) is 5.74. The third kappa shape index (κ3) is 4.39. The number of aromatic nitrogens is 2. The summed E-state index contributed by atoms with van der Waals surface area (Å²) in [6.45, 7) is 0.822. The average molecular weight is 364 g/mol. The Balaban J connectivity index is 2.44. The molecule has 2 aromatic rings. The Labute approximate surface area is 149 Å². The zero-order chi connectivity index (χ0) is 19.1. The smallest absolute Gasteiger partial charge is 0.353 e. The first-order chi connectivity index (χ1) is 12.5. The molecule has 0 amide bonds. The maximum atomic E-state index is 11.4. The molecule has 26 heavy (non-hydrogen) atoms. The SMILES string of the molecule is COCCNc1nc(N)c([N+](=O)[O-])c(Nc2cc(OC)ccc2OC)n1. The third-order valence-corrected chi connectivity index (χ3v) is 3.34. The summed E-state index contributed by atoms with van der Waals surface area (Å²) in [6.07, 6.45) is 0. The van der Waals surface area contributed by atoms with E-state index in [-0.39, 0.29) is 17.6 Å². The van der Waals surface area contributed by atoms with Gasteiger partial charge in [0.1, 0.15) is 11.5 Å². The monoisotopic (exact) mass is 364 g/mol. The first kappa shape index (κ1) is 19.0. The Morgan fingerprint density at radius 1 is 1.23 bits per heavy atom. The van der Waals surface area contributed by atoms with E-state index in [4.69, 9.17) is 19.9 Å². The van der Waals surface area contributed by atoms with Gasteiger partial charge in [0.05, 0.1) is 31.4 Å². The molecule has 0 saturated carbocycles. The van der Waals surface area contributed by atoms with Crippen LogP contribution in [0, 0.1) is 10.1 Å². The van der Waals surface area contributed by atoms with Gasteiger partial charge in [-0.3, -0.25) is 10.1 Å². The lowest BCUT2D eigenvalue weighted by molar-refractivity contribution is -0.383. The van der Waals surface area contributed by atoms with E-state index in [1.165, 1.54) is 14.2 Å². The van der Waals surface area contributed by atoms with E-state index in [1.807, 2.05) is 0 Å². The molecular weight excluding hydrogens is 344 g/mol. The van der Waals surface area contributed by atoms with E-state index >= 15 is 0 Å². The summed E-state index contributed by atoms with van der Waals surface area (Å²) in [5.74, 6) is 0.778. The van der Waals surface area contributed by atoms with Crippen molar-refractivity contribution in [2.45, 2.75) is 0 Å². The van der Waals surface area contributed by atoms with Crippen LogP contribution in [0.1, 0.15) is 0 Å². The number of methoxy groups -OCH3 is 3. The topological polar surface area (TPSA) is 147 Å². The van der Waals surface area contributed by atoms with E-state index in [9.17, 15) is 10.1 Å². The van der Waals surface area contributed by atoms with E-state index in [1.54, 1.807) is 25.3 Å². The molecule has 0 bridgehead atoms. The minimum Gasteiger partial charge on any atom is -0.497 e. The van der Waals surface area contributed by atoms with Gasteiger partial charge in [0.25, 0.3) is 0 Å². The van der Waals surface area contributed by atoms with Crippen LogP contribution in [0.4, 0.5) is 29.0 Å².